The molecule has 4 atom stereocenters. The lowest BCUT2D eigenvalue weighted by molar-refractivity contribution is -0.156. The summed E-state index contributed by atoms with van der Waals surface area (Å²) in [5, 5.41) is 0. The number of methoxy groups -OCH3 is 1. The van der Waals surface area contributed by atoms with Crippen LogP contribution in [0.5, 0.6) is 0 Å². The molecule has 2 aliphatic heterocycles. The van der Waals surface area contributed by atoms with Crippen molar-refractivity contribution < 1.29 is 21.4 Å². The Morgan fingerprint density at radius 2 is 2.04 bits per heavy atom. The van der Waals surface area contributed by atoms with Gasteiger partial charge in [-0.1, -0.05) is 36.4 Å². The molecule has 0 unspecified atom stereocenters. The number of hydrogen-bond acceptors (Lipinski definition) is 4. The van der Waals surface area contributed by atoms with Crippen LogP contribution in [0.1, 0.15) is 31.9 Å². The molecule has 148 valence electrons. The first kappa shape index (κ1) is 16.7. The summed E-state index contributed by atoms with van der Waals surface area (Å²) in [6, 6.07) is 12.2. The van der Waals surface area contributed by atoms with E-state index in [0.29, 0.717) is 5.56 Å². The lowest BCUT2D eigenvalue weighted by atomic mass is 9.87. The van der Waals surface area contributed by atoms with E-state index in [1.165, 1.54) is 17.0 Å². The predicted octanol–water partition coefficient (Wildman–Crippen LogP) is 2.43. The molecule has 0 radical (unpaired) electrons. The summed E-state index contributed by atoms with van der Waals surface area (Å²) in [4.78, 5) is 14.8. The van der Waals surface area contributed by atoms with Crippen LogP contribution in [0.4, 0.5) is 4.39 Å². The maximum atomic E-state index is 13.6. The molecule has 1 amide bonds. The Bertz CT molecular complexity index is 925. The third kappa shape index (κ3) is 3.55. The monoisotopic (exact) mass is 386 g/mol. The maximum absolute atomic E-state index is 13.6. The molecule has 0 bridgehead atoms. The topological polar surface area (TPSA) is 64.8 Å². The fraction of sp³-hybridized carbons (Fsp3) is 0.409. The van der Waals surface area contributed by atoms with Gasteiger partial charge in [0, 0.05) is 28.8 Å². The second-order valence-electron chi connectivity index (χ2n) is 7.19. The second-order valence-corrected chi connectivity index (χ2v) is 7.19. The van der Waals surface area contributed by atoms with Crippen LogP contribution in [-0.2, 0) is 20.7 Å². The van der Waals surface area contributed by atoms with E-state index in [-0.39, 0.29) is 31.6 Å². The van der Waals surface area contributed by atoms with Gasteiger partial charge in [0.1, 0.15) is 11.9 Å². The normalized spacial score (nSPS) is 30.2. The number of nitrogens with zero attached hydrogens (tertiary/aromatic N) is 1. The number of fused-ring (bicyclic) bond motifs is 1. The minimum Gasteiger partial charge on any atom is -0.377 e. The standard InChI is InChI=1S/C22H25FN2O3/c1-27-20-13-28-19(12-18(20)24)22(26)25-11-10-14-4-2-3-5-17(14)21(25)15-6-8-16(23)9-7-15/h2-9,18-21H,10-13,24H2,1H3/t18-,19+,20-,21-/m0/s1/i11D2. The van der Waals surface area contributed by atoms with Crippen LogP contribution >= 0.6 is 0 Å². The van der Waals surface area contributed by atoms with Crippen molar-refractivity contribution in [2.45, 2.75) is 37.1 Å². The molecular formula is C22H25FN2O3. The molecule has 6 heteroatoms. The molecule has 2 aromatic rings. The first-order chi connectivity index (χ1) is 14.3. The molecule has 5 nitrogen and oxygen atoms in total. The van der Waals surface area contributed by atoms with E-state index in [9.17, 15) is 9.18 Å². The number of nitrogens with two attached hydrogens (primary N) is 1. The number of amides is 1. The third-order valence-corrected chi connectivity index (χ3v) is 5.47. The molecular weight excluding hydrogens is 359 g/mol. The molecule has 2 aromatic carbocycles. The molecule has 2 heterocycles. The van der Waals surface area contributed by atoms with E-state index in [1.54, 1.807) is 19.2 Å². The number of hydrogen-bond donors (Lipinski definition) is 1. The lowest BCUT2D eigenvalue weighted by Gasteiger charge is -2.41. The molecule has 28 heavy (non-hydrogen) atoms. The van der Waals surface area contributed by atoms with Crippen LogP contribution in [0.25, 0.3) is 0 Å². The van der Waals surface area contributed by atoms with Gasteiger partial charge in [0.2, 0.25) is 0 Å². The van der Waals surface area contributed by atoms with Gasteiger partial charge in [-0.15, -0.1) is 0 Å². The highest BCUT2D eigenvalue weighted by atomic mass is 19.1. The van der Waals surface area contributed by atoms with Crippen molar-refractivity contribution in [2.24, 2.45) is 5.73 Å². The largest absolute Gasteiger partial charge is 0.377 e. The predicted molar refractivity (Wildman–Crippen MR) is 103 cm³/mol. The highest BCUT2D eigenvalue weighted by Gasteiger charge is 2.39. The zero-order chi connectivity index (χ0) is 21.5. The number of carbonyl (C=O) groups is 1. The van der Waals surface area contributed by atoms with Crippen LogP contribution in [0, 0.1) is 5.82 Å². The van der Waals surface area contributed by atoms with E-state index in [2.05, 4.69) is 0 Å². The van der Waals surface area contributed by atoms with Crippen LogP contribution in [-0.4, -0.2) is 49.3 Å². The molecule has 4 rings (SSSR count). The Balaban J connectivity index is 1.75. The Labute approximate surface area is 167 Å². The molecule has 0 aliphatic carbocycles. The number of halogens is 1. The number of ether oxygens (including phenoxy) is 2. The lowest BCUT2D eigenvalue weighted by Crippen LogP contribution is -2.54. The Morgan fingerprint density at radius 1 is 1.29 bits per heavy atom. The molecule has 0 spiro atoms. The summed E-state index contributed by atoms with van der Waals surface area (Å²) < 4.78 is 42.0. The first-order valence-electron chi connectivity index (χ1n) is 10.4. The van der Waals surface area contributed by atoms with Crippen molar-refractivity contribution >= 4 is 5.91 Å². The summed E-state index contributed by atoms with van der Waals surface area (Å²) in [7, 11) is 1.54. The van der Waals surface area contributed by atoms with E-state index < -0.39 is 30.4 Å². The SMILES string of the molecule is [2H]C1([2H])Cc2ccccc2[C@H](c2ccc(F)cc2)N1C(=O)[C@H]1C[C@H](N)[C@@H](OC)CO1. The smallest absolute Gasteiger partial charge is 0.252 e. The van der Waals surface area contributed by atoms with Gasteiger partial charge in [-0.3, -0.25) is 4.79 Å². The van der Waals surface area contributed by atoms with Crippen molar-refractivity contribution in [3.05, 3.63) is 71.0 Å². The minimum atomic E-state index is -1.95. The van der Waals surface area contributed by atoms with Gasteiger partial charge in [-0.05, 0) is 35.2 Å². The number of benzene rings is 2. The zero-order valence-electron chi connectivity index (χ0n) is 17.7. The summed E-state index contributed by atoms with van der Waals surface area (Å²) in [6.07, 6.45) is -0.871. The zero-order valence-corrected chi connectivity index (χ0v) is 15.7. The highest BCUT2D eigenvalue weighted by Crippen LogP contribution is 2.36. The van der Waals surface area contributed by atoms with Gasteiger partial charge in [-0.25, -0.2) is 4.39 Å². The average Bonchev–Trinajstić information content (AvgIpc) is 2.72. The Hall–Kier alpha value is -2.28. The summed E-state index contributed by atoms with van der Waals surface area (Å²) in [5.74, 6) is -0.857. The quantitative estimate of drug-likeness (QED) is 0.880. The Kier molecular flexibility index (Phi) is 4.75. The van der Waals surface area contributed by atoms with Gasteiger partial charge >= 0.3 is 0 Å². The van der Waals surface area contributed by atoms with Crippen LogP contribution < -0.4 is 5.73 Å². The van der Waals surface area contributed by atoms with Crippen LogP contribution in [0.15, 0.2) is 48.5 Å². The van der Waals surface area contributed by atoms with E-state index in [0.717, 1.165) is 11.1 Å². The van der Waals surface area contributed by atoms with E-state index in [1.807, 2.05) is 24.3 Å². The summed E-state index contributed by atoms with van der Waals surface area (Å²) in [5.41, 5.74) is 8.42. The first-order valence-corrected chi connectivity index (χ1v) is 9.38. The van der Waals surface area contributed by atoms with Gasteiger partial charge in [0.05, 0.1) is 18.8 Å². The molecule has 2 aliphatic rings. The fourth-order valence-corrected chi connectivity index (χ4v) is 3.91. The van der Waals surface area contributed by atoms with Crippen molar-refractivity contribution in [1.29, 1.82) is 0 Å². The van der Waals surface area contributed by atoms with Gasteiger partial charge in [0.15, 0.2) is 0 Å². The molecule has 1 saturated heterocycles. The van der Waals surface area contributed by atoms with E-state index in [4.69, 9.17) is 17.9 Å². The van der Waals surface area contributed by atoms with Gasteiger partial charge in [0.25, 0.3) is 5.91 Å². The van der Waals surface area contributed by atoms with E-state index >= 15 is 0 Å². The average molecular weight is 386 g/mol. The van der Waals surface area contributed by atoms with Gasteiger partial charge in [-0.2, -0.15) is 0 Å². The van der Waals surface area contributed by atoms with Crippen molar-refractivity contribution in [2.75, 3.05) is 20.2 Å². The molecule has 0 saturated carbocycles. The summed E-state index contributed by atoms with van der Waals surface area (Å²) in [6.45, 7) is -1.78. The molecule has 1 fully saturated rings. The van der Waals surface area contributed by atoms with Crippen molar-refractivity contribution in [1.82, 2.24) is 4.90 Å². The van der Waals surface area contributed by atoms with Crippen LogP contribution in [0.2, 0.25) is 0 Å². The minimum absolute atomic E-state index is 0.0616. The van der Waals surface area contributed by atoms with Crippen LogP contribution in [0.3, 0.4) is 0 Å². The Morgan fingerprint density at radius 3 is 2.75 bits per heavy atom. The van der Waals surface area contributed by atoms with Gasteiger partial charge < -0.3 is 20.1 Å². The third-order valence-electron chi connectivity index (χ3n) is 5.47. The second kappa shape index (κ2) is 7.99. The molecule has 0 aromatic heterocycles. The molecule has 2 N–H and O–H groups in total. The summed E-state index contributed by atoms with van der Waals surface area (Å²) >= 11 is 0. The number of aryl methyl sites for hydroxylation is 1. The van der Waals surface area contributed by atoms with Crippen molar-refractivity contribution in [3.8, 4) is 0 Å². The van der Waals surface area contributed by atoms with Crippen molar-refractivity contribution in [3.63, 3.8) is 0 Å². The number of rotatable bonds is 3. The highest BCUT2D eigenvalue weighted by molar-refractivity contribution is 5.82. The maximum Gasteiger partial charge on any atom is 0.252 e. The fourth-order valence-electron chi connectivity index (χ4n) is 3.91. The number of carbonyl (C=O) groups excluding carboxylic acids is 1.